The van der Waals surface area contributed by atoms with E-state index in [1.165, 1.54) is 11.0 Å². The van der Waals surface area contributed by atoms with Crippen molar-refractivity contribution in [2.24, 2.45) is 0 Å². The fraction of sp³-hybridized carbons (Fsp3) is 0.0833. The minimum absolute atomic E-state index is 0.247. The molecule has 0 N–H and O–H groups in total. The number of nitrogens with zero attached hydrogens (tertiary/aromatic N) is 4. The summed E-state index contributed by atoms with van der Waals surface area (Å²) >= 11 is 6.01. The van der Waals surface area contributed by atoms with Gasteiger partial charge in [0.25, 0.3) is 0 Å². The largest absolute Gasteiger partial charge is 0.308 e. The molecule has 0 spiro atoms. The van der Waals surface area contributed by atoms with Crippen LogP contribution in [0.3, 0.4) is 0 Å². The van der Waals surface area contributed by atoms with Gasteiger partial charge in [-0.05, 0) is 18.2 Å². The van der Waals surface area contributed by atoms with Crippen molar-refractivity contribution < 1.29 is 4.79 Å². The third kappa shape index (κ3) is 2.26. The highest BCUT2D eigenvalue weighted by Crippen LogP contribution is 2.24. The summed E-state index contributed by atoms with van der Waals surface area (Å²) in [4.78, 5) is 16.9. The highest BCUT2D eigenvalue weighted by molar-refractivity contribution is 6.32. The molecule has 2 aromatic heterocycles. The standard InChI is InChI=1S/C12H11ClN4O/c1-3-11(18)16(2)10-8-17(15-12(10)13)9-5-4-6-14-7-9/h3-8H,1H2,2H3. The molecule has 0 fully saturated rings. The van der Waals surface area contributed by atoms with Crippen LogP contribution < -0.4 is 4.90 Å². The monoisotopic (exact) mass is 262 g/mol. The van der Waals surface area contributed by atoms with E-state index in [2.05, 4.69) is 16.7 Å². The average molecular weight is 263 g/mol. The van der Waals surface area contributed by atoms with Crippen molar-refractivity contribution in [1.82, 2.24) is 14.8 Å². The molecule has 0 unspecified atom stereocenters. The molecule has 0 aromatic carbocycles. The number of carbonyl (C=O) groups excluding carboxylic acids is 1. The van der Waals surface area contributed by atoms with Gasteiger partial charge in [-0.1, -0.05) is 18.2 Å². The molecule has 0 saturated heterocycles. The van der Waals surface area contributed by atoms with Gasteiger partial charge in [0.05, 0.1) is 18.1 Å². The van der Waals surface area contributed by atoms with Gasteiger partial charge in [-0.2, -0.15) is 5.10 Å². The Morgan fingerprint density at radius 1 is 1.61 bits per heavy atom. The number of likely N-dealkylation sites (N-methyl/N-ethyl adjacent to an activating group) is 1. The molecule has 18 heavy (non-hydrogen) atoms. The van der Waals surface area contributed by atoms with Crippen molar-refractivity contribution in [2.45, 2.75) is 0 Å². The van der Waals surface area contributed by atoms with Crippen LogP contribution in [0.5, 0.6) is 0 Å². The number of aromatic nitrogens is 3. The lowest BCUT2D eigenvalue weighted by Crippen LogP contribution is -2.23. The summed E-state index contributed by atoms with van der Waals surface area (Å²) in [6.07, 6.45) is 6.21. The Hall–Kier alpha value is -2.14. The second-order valence-electron chi connectivity index (χ2n) is 3.56. The Labute approximate surface area is 109 Å². The van der Waals surface area contributed by atoms with Crippen molar-refractivity contribution in [1.29, 1.82) is 0 Å². The Morgan fingerprint density at radius 3 is 3.00 bits per heavy atom. The molecule has 0 atom stereocenters. The predicted molar refractivity (Wildman–Crippen MR) is 70.0 cm³/mol. The molecule has 1 amide bonds. The molecule has 2 rings (SSSR count). The lowest BCUT2D eigenvalue weighted by Gasteiger charge is -2.12. The van der Waals surface area contributed by atoms with Crippen LogP contribution in [0.25, 0.3) is 5.69 Å². The topological polar surface area (TPSA) is 51.0 Å². The van der Waals surface area contributed by atoms with Crippen LogP contribution in [0.1, 0.15) is 0 Å². The third-order valence-corrected chi connectivity index (χ3v) is 2.70. The number of rotatable bonds is 3. The van der Waals surface area contributed by atoms with Crippen LogP contribution in [-0.4, -0.2) is 27.7 Å². The summed E-state index contributed by atoms with van der Waals surface area (Å²) < 4.78 is 1.57. The van der Waals surface area contributed by atoms with Gasteiger partial charge in [0, 0.05) is 13.2 Å². The van der Waals surface area contributed by atoms with Crippen molar-refractivity contribution in [2.75, 3.05) is 11.9 Å². The Bertz CT molecular complexity index is 579. The van der Waals surface area contributed by atoms with Crippen molar-refractivity contribution in [3.8, 4) is 5.69 Å². The molecule has 0 aliphatic carbocycles. The highest BCUT2D eigenvalue weighted by atomic mass is 35.5. The molecular formula is C12H11ClN4O. The molecular weight excluding hydrogens is 252 g/mol. The van der Waals surface area contributed by atoms with Crippen LogP contribution >= 0.6 is 11.6 Å². The fourth-order valence-electron chi connectivity index (χ4n) is 1.45. The Kier molecular flexibility index (Phi) is 3.43. The lowest BCUT2D eigenvalue weighted by molar-refractivity contribution is -0.113. The quantitative estimate of drug-likeness (QED) is 0.796. The minimum atomic E-state index is -0.248. The number of amides is 1. The van der Waals surface area contributed by atoms with Crippen LogP contribution in [0.15, 0.2) is 43.4 Å². The molecule has 0 aliphatic rings. The zero-order chi connectivity index (χ0) is 13.1. The van der Waals surface area contributed by atoms with Crippen LogP contribution in [0.4, 0.5) is 5.69 Å². The second kappa shape index (κ2) is 5.01. The van der Waals surface area contributed by atoms with Crippen LogP contribution in [0, 0.1) is 0 Å². The average Bonchev–Trinajstić information content (AvgIpc) is 2.80. The first-order valence-corrected chi connectivity index (χ1v) is 5.57. The summed E-state index contributed by atoms with van der Waals surface area (Å²) in [7, 11) is 1.61. The van der Waals surface area contributed by atoms with Gasteiger partial charge >= 0.3 is 0 Å². The predicted octanol–water partition coefficient (Wildman–Crippen LogP) is 2.07. The van der Waals surface area contributed by atoms with Gasteiger partial charge < -0.3 is 4.90 Å². The summed E-state index contributed by atoms with van der Waals surface area (Å²) in [5.74, 6) is -0.248. The van der Waals surface area contributed by atoms with Gasteiger partial charge in [-0.3, -0.25) is 9.78 Å². The minimum Gasteiger partial charge on any atom is -0.308 e. The van der Waals surface area contributed by atoms with Crippen molar-refractivity contribution >= 4 is 23.2 Å². The number of carbonyl (C=O) groups is 1. The zero-order valence-electron chi connectivity index (χ0n) is 9.75. The van der Waals surface area contributed by atoms with E-state index in [-0.39, 0.29) is 11.1 Å². The molecule has 0 bridgehead atoms. The summed E-state index contributed by atoms with van der Waals surface area (Å²) in [5, 5.41) is 4.38. The summed E-state index contributed by atoms with van der Waals surface area (Å²) in [6, 6.07) is 3.64. The van der Waals surface area contributed by atoms with Gasteiger partial charge in [0.15, 0.2) is 5.15 Å². The van der Waals surface area contributed by atoms with Gasteiger partial charge in [0.1, 0.15) is 5.69 Å². The van der Waals surface area contributed by atoms with E-state index in [0.717, 1.165) is 5.69 Å². The van der Waals surface area contributed by atoms with Gasteiger partial charge in [-0.25, -0.2) is 4.68 Å². The van der Waals surface area contributed by atoms with E-state index >= 15 is 0 Å². The lowest BCUT2D eigenvalue weighted by atomic mass is 10.4. The number of halogens is 1. The Balaban J connectivity index is 2.39. The summed E-state index contributed by atoms with van der Waals surface area (Å²) in [6.45, 7) is 3.43. The first-order valence-electron chi connectivity index (χ1n) is 5.19. The normalized spacial score (nSPS) is 10.1. The van der Waals surface area contributed by atoms with Crippen LogP contribution in [0.2, 0.25) is 5.15 Å². The molecule has 2 heterocycles. The van der Waals surface area contributed by atoms with Gasteiger partial charge in [0.2, 0.25) is 5.91 Å². The molecule has 6 heteroatoms. The van der Waals surface area contributed by atoms with E-state index in [4.69, 9.17) is 11.6 Å². The first kappa shape index (κ1) is 12.3. The molecule has 5 nitrogen and oxygen atoms in total. The third-order valence-electron chi connectivity index (χ3n) is 2.43. The number of pyridine rings is 1. The Morgan fingerprint density at radius 2 is 2.39 bits per heavy atom. The smallest absolute Gasteiger partial charge is 0.250 e. The molecule has 2 aromatic rings. The van der Waals surface area contributed by atoms with E-state index in [1.807, 2.05) is 6.07 Å². The maximum absolute atomic E-state index is 11.5. The van der Waals surface area contributed by atoms with E-state index in [9.17, 15) is 4.79 Å². The number of anilines is 1. The maximum atomic E-state index is 11.5. The van der Waals surface area contributed by atoms with Gasteiger partial charge in [-0.15, -0.1) is 0 Å². The van der Waals surface area contributed by atoms with Crippen LogP contribution in [-0.2, 0) is 4.79 Å². The molecule has 0 aliphatic heterocycles. The number of hydrogen-bond donors (Lipinski definition) is 0. The maximum Gasteiger partial charge on any atom is 0.250 e. The number of hydrogen-bond acceptors (Lipinski definition) is 3. The molecule has 92 valence electrons. The van der Waals surface area contributed by atoms with E-state index < -0.39 is 0 Å². The fourth-order valence-corrected chi connectivity index (χ4v) is 1.70. The second-order valence-corrected chi connectivity index (χ2v) is 3.92. The van der Waals surface area contributed by atoms with Crippen molar-refractivity contribution in [3.05, 3.63) is 48.5 Å². The highest BCUT2D eigenvalue weighted by Gasteiger charge is 2.15. The van der Waals surface area contributed by atoms with E-state index in [0.29, 0.717) is 5.69 Å². The zero-order valence-corrected chi connectivity index (χ0v) is 10.5. The first-order chi connectivity index (χ1) is 8.63. The van der Waals surface area contributed by atoms with E-state index in [1.54, 1.807) is 36.4 Å². The molecule has 0 saturated carbocycles. The van der Waals surface area contributed by atoms with Crippen molar-refractivity contribution in [3.63, 3.8) is 0 Å². The molecule has 0 radical (unpaired) electrons. The summed E-state index contributed by atoms with van der Waals surface area (Å²) in [5.41, 5.74) is 1.29. The SMILES string of the molecule is C=CC(=O)N(C)c1cn(-c2cccnc2)nc1Cl.